The first-order valence-corrected chi connectivity index (χ1v) is 10.4. The van der Waals surface area contributed by atoms with Crippen molar-refractivity contribution in [2.24, 2.45) is 5.92 Å². The fourth-order valence-corrected chi connectivity index (χ4v) is 4.31. The van der Waals surface area contributed by atoms with Crippen LogP contribution in [0.5, 0.6) is 0 Å². The predicted octanol–water partition coefficient (Wildman–Crippen LogP) is 3.90. The molecule has 0 N–H and O–H groups in total. The molecule has 2 aromatic rings. The molecule has 2 fully saturated rings. The Labute approximate surface area is 167 Å². The molecule has 0 bridgehead atoms. The molecule has 2 amide bonds. The van der Waals surface area contributed by atoms with E-state index >= 15 is 0 Å². The number of benzene rings is 2. The van der Waals surface area contributed by atoms with E-state index in [1.54, 1.807) is 0 Å². The minimum Gasteiger partial charge on any atom is -0.339 e. The Morgan fingerprint density at radius 3 is 2.25 bits per heavy atom. The number of amides is 2. The van der Waals surface area contributed by atoms with Gasteiger partial charge in [-0.1, -0.05) is 42.5 Å². The topological polar surface area (TPSA) is 40.6 Å². The van der Waals surface area contributed by atoms with E-state index in [1.807, 2.05) is 34.1 Å². The molecule has 0 aromatic heterocycles. The molecule has 2 aliphatic rings. The summed E-state index contributed by atoms with van der Waals surface area (Å²) in [5.74, 6) is 1.02. The van der Waals surface area contributed by atoms with Gasteiger partial charge in [-0.2, -0.15) is 0 Å². The van der Waals surface area contributed by atoms with E-state index in [0.717, 1.165) is 56.4 Å². The van der Waals surface area contributed by atoms with Crippen LogP contribution in [0.15, 0.2) is 54.6 Å². The van der Waals surface area contributed by atoms with Gasteiger partial charge in [0, 0.05) is 38.2 Å². The molecule has 0 atom stereocenters. The molecule has 0 spiro atoms. The van der Waals surface area contributed by atoms with Gasteiger partial charge in [0.1, 0.15) is 0 Å². The van der Waals surface area contributed by atoms with Crippen molar-refractivity contribution in [3.8, 4) is 0 Å². The van der Waals surface area contributed by atoms with Crippen LogP contribution in [0.1, 0.15) is 47.2 Å². The lowest BCUT2D eigenvalue weighted by atomic mass is 9.90. The van der Waals surface area contributed by atoms with Gasteiger partial charge >= 0.3 is 0 Å². The SMILES string of the molecule is O=C1CCCN1Cc1ccc(C(=O)N2CCC(Cc3ccccc3)CC2)cc1. The van der Waals surface area contributed by atoms with Crippen molar-refractivity contribution >= 4 is 11.8 Å². The fraction of sp³-hybridized carbons (Fsp3) is 0.417. The number of nitrogens with zero attached hydrogens (tertiary/aromatic N) is 2. The van der Waals surface area contributed by atoms with Crippen molar-refractivity contribution in [3.63, 3.8) is 0 Å². The highest BCUT2D eigenvalue weighted by molar-refractivity contribution is 5.94. The number of hydrogen-bond acceptors (Lipinski definition) is 2. The average molecular weight is 377 g/mol. The van der Waals surface area contributed by atoms with Crippen molar-refractivity contribution in [3.05, 3.63) is 71.3 Å². The lowest BCUT2D eigenvalue weighted by molar-refractivity contribution is -0.128. The minimum absolute atomic E-state index is 0.127. The van der Waals surface area contributed by atoms with E-state index in [-0.39, 0.29) is 11.8 Å². The van der Waals surface area contributed by atoms with Gasteiger partial charge in [0.15, 0.2) is 0 Å². The van der Waals surface area contributed by atoms with Gasteiger partial charge in [0.05, 0.1) is 0 Å². The highest BCUT2D eigenvalue weighted by atomic mass is 16.2. The van der Waals surface area contributed by atoms with Gasteiger partial charge in [-0.05, 0) is 54.9 Å². The molecule has 4 rings (SSSR count). The summed E-state index contributed by atoms with van der Waals surface area (Å²) in [5.41, 5.74) is 3.23. The summed E-state index contributed by atoms with van der Waals surface area (Å²) in [6.07, 6.45) is 4.85. The summed E-state index contributed by atoms with van der Waals surface area (Å²) in [5, 5.41) is 0. The molecular formula is C24H28N2O2. The Hall–Kier alpha value is -2.62. The van der Waals surface area contributed by atoms with Crippen LogP contribution in [0.25, 0.3) is 0 Å². The smallest absolute Gasteiger partial charge is 0.253 e. The zero-order chi connectivity index (χ0) is 19.3. The monoisotopic (exact) mass is 376 g/mol. The summed E-state index contributed by atoms with van der Waals surface area (Å²) in [4.78, 5) is 28.5. The second-order valence-corrected chi connectivity index (χ2v) is 8.04. The van der Waals surface area contributed by atoms with Gasteiger partial charge in [-0.25, -0.2) is 0 Å². The zero-order valence-electron chi connectivity index (χ0n) is 16.3. The number of likely N-dealkylation sites (tertiary alicyclic amines) is 2. The largest absolute Gasteiger partial charge is 0.339 e. The molecular weight excluding hydrogens is 348 g/mol. The van der Waals surface area contributed by atoms with E-state index < -0.39 is 0 Å². The molecule has 2 aromatic carbocycles. The van der Waals surface area contributed by atoms with Crippen molar-refractivity contribution in [2.45, 2.75) is 38.6 Å². The van der Waals surface area contributed by atoms with Gasteiger partial charge in [-0.3, -0.25) is 9.59 Å². The maximum atomic E-state index is 12.8. The van der Waals surface area contributed by atoms with Crippen LogP contribution >= 0.6 is 0 Å². The summed E-state index contributed by atoms with van der Waals surface area (Å²) in [7, 11) is 0. The lowest BCUT2D eigenvalue weighted by Crippen LogP contribution is -2.38. The highest BCUT2D eigenvalue weighted by Gasteiger charge is 2.24. The summed E-state index contributed by atoms with van der Waals surface area (Å²) in [6, 6.07) is 18.4. The number of piperidine rings is 1. The van der Waals surface area contributed by atoms with Gasteiger partial charge in [-0.15, -0.1) is 0 Å². The van der Waals surface area contributed by atoms with Gasteiger partial charge in [0.2, 0.25) is 5.91 Å². The first-order chi connectivity index (χ1) is 13.7. The Morgan fingerprint density at radius 2 is 1.61 bits per heavy atom. The predicted molar refractivity (Wildman–Crippen MR) is 110 cm³/mol. The number of rotatable bonds is 5. The highest BCUT2D eigenvalue weighted by Crippen LogP contribution is 2.23. The maximum Gasteiger partial charge on any atom is 0.253 e. The van der Waals surface area contributed by atoms with E-state index in [9.17, 15) is 9.59 Å². The molecule has 2 heterocycles. The molecule has 0 saturated carbocycles. The van der Waals surface area contributed by atoms with E-state index in [0.29, 0.717) is 18.9 Å². The van der Waals surface area contributed by atoms with Crippen molar-refractivity contribution in [1.82, 2.24) is 9.80 Å². The Kier molecular flexibility index (Phi) is 5.75. The van der Waals surface area contributed by atoms with Crippen LogP contribution in [0.2, 0.25) is 0 Å². The third kappa shape index (κ3) is 4.44. The van der Waals surface area contributed by atoms with Crippen LogP contribution in [0.3, 0.4) is 0 Å². The molecule has 28 heavy (non-hydrogen) atoms. The third-order valence-electron chi connectivity index (χ3n) is 6.01. The fourth-order valence-electron chi connectivity index (χ4n) is 4.31. The van der Waals surface area contributed by atoms with E-state index in [2.05, 4.69) is 30.3 Å². The molecule has 4 nitrogen and oxygen atoms in total. The summed E-state index contributed by atoms with van der Waals surface area (Å²) < 4.78 is 0. The second-order valence-electron chi connectivity index (χ2n) is 8.04. The van der Waals surface area contributed by atoms with Crippen LogP contribution in [0, 0.1) is 5.92 Å². The lowest BCUT2D eigenvalue weighted by Gasteiger charge is -2.32. The quantitative estimate of drug-likeness (QED) is 0.794. The maximum absolute atomic E-state index is 12.8. The zero-order valence-corrected chi connectivity index (χ0v) is 16.3. The molecule has 2 saturated heterocycles. The van der Waals surface area contributed by atoms with Gasteiger partial charge < -0.3 is 9.80 Å². The summed E-state index contributed by atoms with van der Waals surface area (Å²) in [6.45, 7) is 3.16. The number of carbonyl (C=O) groups excluding carboxylic acids is 2. The number of carbonyl (C=O) groups is 2. The minimum atomic E-state index is 0.127. The first kappa shape index (κ1) is 18.7. The van der Waals surface area contributed by atoms with Crippen molar-refractivity contribution < 1.29 is 9.59 Å². The summed E-state index contributed by atoms with van der Waals surface area (Å²) >= 11 is 0. The molecule has 4 heteroatoms. The molecule has 146 valence electrons. The molecule has 2 aliphatic heterocycles. The van der Waals surface area contributed by atoms with Crippen molar-refractivity contribution in [2.75, 3.05) is 19.6 Å². The Morgan fingerprint density at radius 1 is 0.893 bits per heavy atom. The molecule has 0 radical (unpaired) electrons. The second kappa shape index (κ2) is 8.59. The number of hydrogen-bond donors (Lipinski definition) is 0. The average Bonchev–Trinajstić information content (AvgIpc) is 3.14. The van der Waals surface area contributed by atoms with Crippen LogP contribution < -0.4 is 0 Å². The van der Waals surface area contributed by atoms with E-state index in [4.69, 9.17) is 0 Å². The standard InChI is InChI=1S/C24H28N2O2/c27-23-7-4-14-26(23)18-21-8-10-22(11-9-21)24(28)25-15-12-20(13-16-25)17-19-5-2-1-3-6-19/h1-3,5-6,8-11,20H,4,7,12-18H2. The Balaban J connectivity index is 1.29. The van der Waals surface area contributed by atoms with E-state index in [1.165, 1.54) is 5.56 Å². The molecule has 0 unspecified atom stereocenters. The van der Waals surface area contributed by atoms with Crippen LogP contribution in [-0.2, 0) is 17.8 Å². The van der Waals surface area contributed by atoms with Crippen LogP contribution in [-0.4, -0.2) is 41.2 Å². The normalized spacial score (nSPS) is 17.9. The van der Waals surface area contributed by atoms with Gasteiger partial charge in [0.25, 0.3) is 5.91 Å². The third-order valence-corrected chi connectivity index (χ3v) is 6.01. The Bertz CT molecular complexity index is 808. The molecule has 0 aliphatic carbocycles. The first-order valence-electron chi connectivity index (χ1n) is 10.4. The van der Waals surface area contributed by atoms with Crippen molar-refractivity contribution in [1.29, 1.82) is 0 Å². The van der Waals surface area contributed by atoms with Crippen LogP contribution in [0.4, 0.5) is 0 Å².